The summed E-state index contributed by atoms with van der Waals surface area (Å²) < 4.78 is 39.1. The first-order valence-electron chi connectivity index (χ1n) is 21.6. The maximum atomic E-state index is 15.2. The molecule has 4 fully saturated rings. The third-order valence-electron chi connectivity index (χ3n) is 13.5. The first-order valence-corrected chi connectivity index (χ1v) is 21.6. The van der Waals surface area contributed by atoms with Gasteiger partial charge in [-0.25, -0.2) is 13.8 Å². The van der Waals surface area contributed by atoms with Gasteiger partial charge in [-0.2, -0.15) is 10.4 Å². The number of hydrogen-bond donors (Lipinski definition) is 3. The number of aromatic nitrogens is 4. The zero-order chi connectivity index (χ0) is 42.9. The Hall–Kier alpha value is -6.28. The van der Waals surface area contributed by atoms with Gasteiger partial charge in [0.2, 0.25) is 17.6 Å². The number of piperidine rings is 2. The summed E-state index contributed by atoms with van der Waals surface area (Å²) in [6, 6.07) is 16.5. The molecule has 2 amide bonds. The minimum Gasteiger partial charge on any atom is -0.480 e. The second-order valence-electron chi connectivity index (χ2n) is 17.5. The summed E-state index contributed by atoms with van der Waals surface area (Å²) in [6.45, 7) is 5.39. The number of pyridine rings is 2. The number of anilines is 5. The van der Waals surface area contributed by atoms with Crippen molar-refractivity contribution in [2.24, 2.45) is 25.9 Å². The van der Waals surface area contributed by atoms with E-state index in [-0.39, 0.29) is 29.2 Å². The maximum absolute atomic E-state index is 15.2. The number of halogens is 2. The van der Waals surface area contributed by atoms with Crippen molar-refractivity contribution in [2.75, 3.05) is 72.9 Å². The Balaban J connectivity index is 0.775. The number of rotatable bonds is 8. The summed E-state index contributed by atoms with van der Waals surface area (Å²) in [5, 5.41) is 25.2. The van der Waals surface area contributed by atoms with Crippen LogP contribution >= 0.6 is 0 Å². The van der Waals surface area contributed by atoms with Crippen molar-refractivity contribution < 1.29 is 23.1 Å². The van der Waals surface area contributed by atoms with E-state index >= 15 is 8.78 Å². The molecule has 0 spiro atoms. The molecule has 0 bridgehead atoms. The summed E-state index contributed by atoms with van der Waals surface area (Å²) >= 11 is 0. The van der Waals surface area contributed by atoms with Crippen LogP contribution in [0.5, 0.6) is 5.75 Å². The van der Waals surface area contributed by atoms with E-state index in [2.05, 4.69) is 54.9 Å². The van der Waals surface area contributed by atoms with Crippen molar-refractivity contribution in [2.45, 2.75) is 56.4 Å². The number of imide groups is 1. The smallest absolute Gasteiger partial charge is 0.301 e. The van der Waals surface area contributed by atoms with Gasteiger partial charge in [0.15, 0.2) is 6.61 Å². The normalized spacial score (nSPS) is 22.1. The van der Waals surface area contributed by atoms with Gasteiger partial charge in [0.1, 0.15) is 17.7 Å². The molecule has 1 saturated carbocycles. The van der Waals surface area contributed by atoms with Gasteiger partial charge < -0.3 is 29.7 Å². The molecule has 62 heavy (non-hydrogen) atoms. The number of ether oxygens (including phenoxy) is 1. The van der Waals surface area contributed by atoms with Crippen molar-refractivity contribution in [1.82, 2.24) is 29.5 Å². The quantitative estimate of drug-likeness (QED) is 0.175. The third kappa shape index (κ3) is 7.33. The molecule has 0 radical (unpaired) electrons. The number of alkyl halides is 2. The second kappa shape index (κ2) is 15.6. The van der Waals surface area contributed by atoms with Crippen molar-refractivity contribution in [1.29, 1.82) is 5.26 Å². The molecule has 10 rings (SSSR count). The fourth-order valence-corrected chi connectivity index (χ4v) is 9.84. The van der Waals surface area contributed by atoms with Crippen molar-refractivity contribution >= 4 is 62.3 Å². The summed E-state index contributed by atoms with van der Waals surface area (Å²) in [5.74, 6) is -2.68. The molecule has 7 heterocycles. The molecule has 3 saturated heterocycles. The SMILES string of the molecule is Cn1nc(C2CCC(=O)NC2=O)c2ccc(N3CCN(CC4CCN(c5nc(Nc6ccc7c(c6)c6c(c(=O)n7C)OCC(F)(F)[C@H](C7CC7)N6)ccc5C#N)CC4)CC3)cc21. The highest BCUT2D eigenvalue weighted by Crippen LogP contribution is 2.46. The monoisotopic (exact) mass is 845 g/mol. The highest BCUT2D eigenvalue weighted by molar-refractivity contribution is 6.03. The average Bonchev–Trinajstić information content (AvgIpc) is 4.08. The van der Waals surface area contributed by atoms with Crippen LogP contribution in [-0.2, 0) is 23.7 Å². The Morgan fingerprint density at radius 3 is 2.44 bits per heavy atom. The van der Waals surface area contributed by atoms with Gasteiger partial charge in [-0.05, 0) is 92.5 Å². The van der Waals surface area contributed by atoms with Crippen LogP contribution in [0.3, 0.4) is 0 Å². The lowest BCUT2D eigenvalue weighted by molar-refractivity contribution is -0.134. The lowest BCUT2D eigenvalue weighted by Gasteiger charge is -2.40. The van der Waals surface area contributed by atoms with E-state index in [0.29, 0.717) is 65.4 Å². The molecule has 3 N–H and O–H groups in total. The van der Waals surface area contributed by atoms with E-state index in [1.54, 1.807) is 25.2 Å². The van der Waals surface area contributed by atoms with Gasteiger partial charge >= 0.3 is 5.92 Å². The zero-order valence-electron chi connectivity index (χ0n) is 34.8. The molecule has 5 aromatic rings. The summed E-state index contributed by atoms with van der Waals surface area (Å²) in [6.07, 6.45) is 4.13. The van der Waals surface area contributed by atoms with Crippen molar-refractivity contribution in [3.05, 3.63) is 70.1 Å². The molecule has 2 aromatic carbocycles. The number of aryl methyl sites for hydroxylation is 2. The Bertz CT molecular complexity index is 2710. The van der Waals surface area contributed by atoms with Gasteiger partial charge in [-0.1, -0.05) is 0 Å². The Morgan fingerprint density at radius 2 is 1.69 bits per heavy atom. The molecule has 5 aliphatic rings. The number of benzene rings is 2. The first kappa shape index (κ1) is 39.8. The Labute approximate surface area is 356 Å². The average molecular weight is 846 g/mol. The largest absolute Gasteiger partial charge is 0.480 e. The fourth-order valence-electron chi connectivity index (χ4n) is 9.84. The molecule has 1 unspecified atom stereocenters. The molecule has 2 atom stereocenters. The third-order valence-corrected chi connectivity index (χ3v) is 13.5. The van der Waals surface area contributed by atoms with Crippen LogP contribution in [-0.4, -0.2) is 100 Å². The van der Waals surface area contributed by atoms with E-state index in [9.17, 15) is 19.6 Å². The molecule has 15 nitrogen and oxygen atoms in total. The fraction of sp³-hybridized carbons (Fsp3) is 0.467. The van der Waals surface area contributed by atoms with Crippen molar-refractivity contribution in [3.63, 3.8) is 0 Å². The Kier molecular flexibility index (Phi) is 10.0. The van der Waals surface area contributed by atoms with Crippen LogP contribution < -0.4 is 36.0 Å². The van der Waals surface area contributed by atoms with Crippen LogP contribution in [0.4, 0.5) is 37.5 Å². The number of nitrogens with zero attached hydrogens (tertiary/aromatic N) is 8. The zero-order valence-corrected chi connectivity index (χ0v) is 34.8. The molecular formula is C45H49F2N11O4. The summed E-state index contributed by atoms with van der Waals surface area (Å²) in [4.78, 5) is 49.6. The summed E-state index contributed by atoms with van der Waals surface area (Å²) in [5.41, 5.74) is 4.35. The molecule has 4 aliphatic heterocycles. The number of amides is 2. The molecule has 322 valence electrons. The van der Waals surface area contributed by atoms with Gasteiger partial charge in [0.05, 0.1) is 39.9 Å². The van der Waals surface area contributed by atoms with Crippen LogP contribution in [0.2, 0.25) is 0 Å². The topological polar surface area (TPSA) is 166 Å². The van der Waals surface area contributed by atoms with Crippen LogP contribution in [0.15, 0.2) is 53.3 Å². The number of nitrogens with one attached hydrogen (secondary N) is 3. The van der Waals surface area contributed by atoms with E-state index in [0.717, 1.165) is 80.9 Å². The van der Waals surface area contributed by atoms with Crippen molar-refractivity contribution in [3.8, 4) is 11.8 Å². The number of hydrogen-bond acceptors (Lipinski definition) is 12. The molecule has 1 aliphatic carbocycles. The van der Waals surface area contributed by atoms with E-state index in [1.165, 1.54) is 4.57 Å². The van der Waals surface area contributed by atoms with Gasteiger partial charge in [-0.15, -0.1) is 0 Å². The van der Waals surface area contributed by atoms with Crippen LogP contribution in [0.1, 0.15) is 55.7 Å². The van der Waals surface area contributed by atoms with E-state index < -0.39 is 30.0 Å². The predicted octanol–water partition coefficient (Wildman–Crippen LogP) is 5.21. The highest BCUT2D eigenvalue weighted by Gasteiger charge is 2.51. The lowest BCUT2D eigenvalue weighted by atomic mass is 9.93. The predicted molar refractivity (Wildman–Crippen MR) is 231 cm³/mol. The maximum Gasteiger partial charge on any atom is 0.301 e. The van der Waals surface area contributed by atoms with E-state index in [1.807, 2.05) is 23.9 Å². The highest BCUT2D eigenvalue weighted by atomic mass is 19.3. The number of fused-ring (bicyclic) bond motifs is 4. The number of carbonyl (C=O) groups is 2. The second-order valence-corrected chi connectivity index (χ2v) is 17.5. The molecule has 17 heteroatoms. The lowest BCUT2D eigenvalue weighted by Crippen LogP contribution is -2.49. The Morgan fingerprint density at radius 1 is 0.903 bits per heavy atom. The molecular weight excluding hydrogens is 797 g/mol. The minimum atomic E-state index is -3.13. The van der Waals surface area contributed by atoms with Crippen LogP contribution in [0, 0.1) is 23.2 Å². The number of carbonyl (C=O) groups excluding carboxylic acids is 2. The number of nitriles is 1. The van der Waals surface area contributed by atoms with Gasteiger partial charge in [-0.3, -0.25) is 29.3 Å². The minimum absolute atomic E-state index is 0.104. The number of piperazine rings is 1. The van der Waals surface area contributed by atoms with Gasteiger partial charge in [0, 0.05) is 88.5 Å². The first-order chi connectivity index (χ1) is 29.9. The van der Waals surface area contributed by atoms with Crippen LogP contribution in [0.25, 0.3) is 21.8 Å². The molecule has 3 aromatic heterocycles. The summed E-state index contributed by atoms with van der Waals surface area (Å²) in [7, 11) is 3.50. The van der Waals surface area contributed by atoms with Gasteiger partial charge in [0.25, 0.3) is 5.56 Å². The van der Waals surface area contributed by atoms with E-state index in [4.69, 9.17) is 14.8 Å². The standard InChI is InChI=1S/C45H49F2N11O4/c1-54-34-10-6-29(21-33(34)39-40(44(54)61)62-25-45(46,47)41(52-39)27-3-4-27)49-36-11-5-28(23-48)42(50-36)58-15-13-26(14-16-58)24-56-17-19-57(20-18-56)30-7-8-31-35(22-30)55(2)53-38(31)32-9-12-37(59)51-43(32)60/h5-8,10-11,21-22,26-27,32,41,52H,3-4,9,12-20,24-25H2,1-2H3,(H,49,50)(H,51,59,60)/t32?,41-/m0/s1.